The van der Waals surface area contributed by atoms with E-state index in [1.165, 1.54) is 0 Å². The van der Waals surface area contributed by atoms with Crippen LogP contribution in [-0.4, -0.2) is 42.8 Å². The molecule has 4 N–H and O–H groups in total. The fourth-order valence-electron chi connectivity index (χ4n) is 0. The summed E-state index contributed by atoms with van der Waals surface area (Å²) in [5.74, 6) is 0. The van der Waals surface area contributed by atoms with Gasteiger partial charge in [0, 0.05) is 21.7 Å². The Bertz CT molecular complexity index is 130. The number of hydrogen-bond acceptors (Lipinski definition) is 4. The summed E-state index contributed by atoms with van der Waals surface area (Å²) in [5, 5.41) is 34.1. The first-order valence-electron chi connectivity index (χ1n) is 6.89. The van der Waals surface area contributed by atoms with Crippen molar-refractivity contribution in [1.82, 2.24) is 0 Å². The van der Waals surface area contributed by atoms with Gasteiger partial charge >= 0.3 is 0 Å². The molecule has 0 aliphatic rings. The van der Waals surface area contributed by atoms with Crippen molar-refractivity contribution in [1.29, 1.82) is 0 Å². The van der Waals surface area contributed by atoms with Crippen molar-refractivity contribution in [3.05, 3.63) is 0 Å². The molecular formula is C16H40O4Ti. The van der Waals surface area contributed by atoms with Gasteiger partial charge in [0.25, 0.3) is 0 Å². The summed E-state index contributed by atoms with van der Waals surface area (Å²) in [6.45, 7) is 20.9. The Morgan fingerprint density at radius 2 is 0.333 bits per heavy atom. The first-order chi connectivity index (χ1) is 8.00. The zero-order chi connectivity index (χ0) is 18.0. The standard InChI is InChI=1S/4C4H10O.Ti/c4*1-4(2,3)5;/h4*5H,1-3H3;. The Morgan fingerprint density at radius 1 is 0.333 bits per heavy atom. The third-order valence-corrected chi connectivity index (χ3v) is 0. The molecule has 0 amide bonds. The maximum atomic E-state index is 8.52. The molecule has 0 saturated heterocycles. The van der Waals surface area contributed by atoms with Gasteiger partial charge in [0.05, 0.1) is 22.4 Å². The van der Waals surface area contributed by atoms with Crippen LogP contribution in [0.3, 0.4) is 0 Å². The van der Waals surface area contributed by atoms with Gasteiger partial charge in [-0.2, -0.15) is 0 Å². The van der Waals surface area contributed by atoms with Crippen molar-refractivity contribution in [3.63, 3.8) is 0 Å². The molecule has 0 aromatic carbocycles. The van der Waals surface area contributed by atoms with Crippen molar-refractivity contribution in [2.75, 3.05) is 0 Å². The first kappa shape index (κ1) is 33.2. The number of hydrogen-bond donors (Lipinski definition) is 4. The van der Waals surface area contributed by atoms with E-state index in [1.807, 2.05) is 0 Å². The van der Waals surface area contributed by atoms with Crippen LogP contribution in [0.25, 0.3) is 0 Å². The van der Waals surface area contributed by atoms with Crippen LogP contribution in [0.1, 0.15) is 83.1 Å². The average molecular weight is 344 g/mol. The molecule has 0 aromatic rings. The molecule has 0 aromatic heterocycles. The van der Waals surface area contributed by atoms with E-state index in [2.05, 4.69) is 0 Å². The van der Waals surface area contributed by atoms with Gasteiger partial charge in [0.2, 0.25) is 0 Å². The summed E-state index contributed by atoms with van der Waals surface area (Å²) in [7, 11) is 0. The smallest absolute Gasteiger partial charge is 0.0563 e. The Balaban J connectivity index is -0.0000000533. The van der Waals surface area contributed by atoms with E-state index in [0.29, 0.717) is 0 Å². The molecule has 0 aliphatic carbocycles. The molecule has 4 nitrogen and oxygen atoms in total. The molecular weight excluding hydrogens is 304 g/mol. The van der Waals surface area contributed by atoms with Crippen molar-refractivity contribution in [2.45, 2.75) is 105 Å². The molecule has 132 valence electrons. The Morgan fingerprint density at radius 3 is 0.333 bits per heavy atom. The van der Waals surface area contributed by atoms with Crippen LogP contribution in [-0.2, 0) is 21.7 Å². The minimum absolute atomic E-state index is 0. The Hall–Kier alpha value is 0.554. The second kappa shape index (κ2) is 13.0. The molecule has 21 heavy (non-hydrogen) atoms. The van der Waals surface area contributed by atoms with Gasteiger partial charge in [-0.25, -0.2) is 0 Å². The summed E-state index contributed by atoms with van der Waals surface area (Å²) in [5.41, 5.74) is -2.00. The topological polar surface area (TPSA) is 80.9 Å². The molecule has 0 fully saturated rings. The van der Waals surface area contributed by atoms with Crippen molar-refractivity contribution in [3.8, 4) is 0 Å². The average Bonchev–Trinajstić information content (AvgIpc) is 1.62. The minimum Gasteiger partial charge on any atom is -0.391 e. The monoisotopic (exact) mass is 344 g/mol. The molecule has 0 radical (unpaired) electrons. The molecule has 0 heterocycles. The van der Waals surface area contributed by atoms with Gasteiger partial charge in [-0.05, 0) is 83.1 Å². The van der Waals surface area contributed by atoms with Gasteiger partial charge < -0.3 is 20.4 Å². The second-order valence-corrected chi connectivity index (χ2v) is 8.68. The summed E-state index contributed by atoms with van der Waals surface area (Å²) >= 11 is 0. The molecule has 0 saturated carbocycles. The van der Waals surface area contributed by atoms with Crippen LogP contribution in [0, 0.1) is 0 Å². The predicted molar refractivity (Wildman–Crippen MR) is 87.9 cm³/mol. The molecule has 0 atom stereocenters. The SMILES string of the molecule is CC(C)(C)O.CC(C)(C)O.CC(C)(C)O.CC(C)(C)O.[Ti]. The third-order valence-electron chi connectivity index (χ3n) is 0. The number of aliphatic hydroxyl groups is 4. The van der Waals surface area contributed by atoms with E-state index in [-0.39, 0.29) is 21.7 Å². The van der Waals surface area contributed by atoms with E-state index < -0.39 is 22.4 Å². The largest absolute Gasteiger partial charge is 0.391 e. The minimum atomic E-state index is -0.500. The van der Waals surface area contributed by atoms with Crippen LogP contribution in [0.2, 0.25) is 0 Å². The van der Waals surface area contributed by atoms with Gasteiger partial charge in [0.15, 0.2) is 0 Å². The fraction of sp³-hybridized carbons (Fsp3) is 1.00. The van der Waals surface area contributed by atoms with Crippen LogP contribution < -0.4 is 0 Å². The van der Waals surface area contributed by atoms with E-state index in [9.17, 15) is 0 Å². The van der Waals surface area contributed by atoms with E-state index in [1.54, 1.807) is 83.1 Å². The van der Waals surface area contributed by atoms with E-state index in [0.717, 1.165) is 0 Å². The van der Waals surface area contributed by atoms with Gasteiger partial charge in [0.1, 0.15) is 0 Å². The Labute approximate surface area is 147 Å². The molecule has 5 heteroatoms. The summed E-state index contributed by atoms with van der Waals surface area (Å²) in [6, 6.07) is 0. The van der Waals surface area contributed by atoms with Crippen LogP contribution in [0.5, 0.6) is 0 Å². The maximum absolute atomic E-state index is 8.52. The van der Waals surface area contributed by atoms with E-state index >= 15 is 0 Å². The maximum Gasteiger partial charge on any atom is 0.0563 e. The predicted octanol–water partition coefficient (Wildman–Crippen LogP) is 3.11. The zero-order valence-corrected chi connectivity index (χ0v) is 17.9. The number of rotatable bonds is 0. The van der Waals surface area contributed by atoms with Crippen LogP contribution in [0.4, 0.5) is 0 Å². The first-order valence-corrected chi connectivity index (χ1v) is 6.89. The van der Waals surface area contributed by atoms with Gasteiger partial charge in [-0.15, -0.1) is 0 Å². The third kappa shape index (κ3) is 23000. The van der Waals surface area contributed by atoms with Gasteiger partial charge in [-0.1, -0.05) is 0 Å². The normalized spacial score (nSPS) is 11.4. The summed E-state index contributed by atoms with van der Waals surface area (Å²) in [4.78, 5) is 0. The molecule has 0 unspecified atom stereocenters. The molecule has 0 spiro atoms. The van der Waals surface area contributed by atoms with Crippen LogP contribution >= 0.6 is 0 Å². The Kier molecular flexibility index (Phi) is 20.6. The van der Waals surface area contributed by atoms with Crippen LogP contribution in [0.15, 0.2) is 0 Å². The molecule has 0 aliphatic heterocycles. The quantitative estimate of drug-likeness (QED) is 0.509. The summed E-state index contributed by atoms with van der Waals surface area (Å²) in [6.07, 6.45) is 0. The molecule has 0 bridgehead atoms. The second-order valence-electron chi connectivity index (χ2n) is 8.68. The van der Waals surface area contributed by atoms with E-state index in [4.69, 9.17) is 20.4 Å². The molecule has 0 rings (SSSR count). The van der Waals surface area contributed by atoms with Crippen molar-refractivity contribution >= 4 is 0 Å². The zero-order valence-electron chi connectivity index (χ0n) is 16.3. The fourth-order valence-corrected chi connectivity index (χ4v) is 0. The summed E-state index contributed by atoms with van der Waals surface area (Å²) < 4.78 is 0. The van der Waals surface area contributed by atoms with Crippen molar-refractivity contribution in [2.24, 2.45) is 0 Å². The van der Waals surface area contributed by atoms with Crippen molar-refractivity contribution < 1.29 is 42.1 Å². The van der Waals surface area contributed by atoms with Gasteiger partial charge in [-0.3, -0.25) is 0 Å².